The van der Waals surface area contributed by atoms with Gasteiger partial charge in [-0.15, -0.1) is 0 Å². The first-order valence-electron chi connectivity index (χ1n) is 7.77. The van der Waals surface area contributed by atoms with Crippen LogP contribution in [-0.2, 0) is 11.8 Å². The summed E-state index contributed by atoms with van der Waals surface area (Å²) in [5, 5.41) is 7.63. The van der Waals surface area contributed by atoms with Crippen LogP contribution in [0.25, 0.3) is 11.4 Å². The van der Waals surface area contributed by atoms with Gasteiger partial charge in [-0.25, -0.2) is 0 Å². The third-order valence-electron chi connectivity index (χ3n) is 4.64. The Morgan fingerprint density at radius 2 is 2.10 bits per heavy atom. The van der Waals surface area contributed by atoms with E-state index in [-0.39, 0.29) is 5.41 Å². The molecule has 0 atom stereocenters. The molecular formula is C16H22N4O. The Bertz CT molecular complexity index is 602. The van der Waals surface area contributed by atoms with Gasteiger partial charge in [0, 0.05) is 18.0 Å². The lowest BCUT2D eigenvalue weighted by Crippen LogP contribution is -2.39. The normalized spacial score (nSPS) is 17.8. The third-order valence-corrected chi connectivity index (χ3v) is 4.64. The molecule has 1 N–H and O–H groups in total. The molecule has 0 spiro atoms. The van der Waals surface area contributed by atoms with Crippen molar-refractivity contribution in [3.63, 3.8) is 0 Å². The highest BCUT2D eigenvalue weighted by atomic mass is 16.5. The third kappa shape index (κ3) is 2.58. The van der Waals surface area contributed by atoms with Gasteiger partial charge in [-0.05, 0) is 50.4 Å². The van der Waals surface area contributed by atoms with Crippen molar-refractivity contribution in [2.75, 3.05) is 13.1 Å². The topological polar surface area (TPSA) is 63.8 Å². The van der Waals surface area contributed by atoms with Crippen molar-refractivity contribution in [1.29, 1.82) is 0 Å². The lowest BCUT2D eigenvalue weighted by atomic mass is 9.76. The molecule has 1 fully saturated rings. The van der Waals surface area contributed by atoms with Crippen LogP contribution in [0.3, 0.4) is 0 Å². The highest BCUT2D eigenvalue weighted by molar-refractivity contribution is 5.58. The maximum Gasteiger partial charge on any atom is 0.233 e. The first-order valence-corrected chi connectivity index (χ1v) is 7.77. The van der Waals surface area contributed by atoms with Crippen molar-refractivity contribution in [2.45, 2.75) is 44.9 Å². The second-order valence-corrected chi connectivity index (χ2v) is 5.69. The standard InChI is InChI=1S/C16H22N4O/c1-3-12-11-18-8-5-13(12)14-19-15(21-20-14)16(4-2)6-9-17-10-7-16/h5,8,11,17H,3-4,6-7,9-10H2,1-2H3. The molecule has 0 aromatic carbocycles. The summed E-state index contributed by atoms with van der Waals surface area (Å²) in [5.74, 6) is 1.48. The van der Waals surface area contributed by atoms with Gasteiger partial charge >= 0.3 is 0 Å². The molecule has 1 saturated heterocycles. The smallest absolute Gasteiger partial charge is 0.233 e. The van der Waals surface area contributed by atoms with Gasteiger partial charge in [0.15, 0.2) is 0 Å². The second kappa shape index (κ2) is 5.93. The Balaban J connectivity index is 1.96. The van der Waals surface area contributed by atoms with Crippen molar-refractivity contribution in [1.82, 2.24) is 20.4 Å². The van der Waals surface area contributed by atoms with Gasteiger partial charge in [0.1, 0.15) is 0 Å². The fraction of sp³-hybridized carbons (Fsp3) is 0.562. The van der Waals surface area contributed by atoms with E-state index in [1.54, 1.807) is 6.20 Å². The molecule has 21 heavy (non-hydrogen) atoms. The Labute approximate surface area is 125 Å². The van der Waals surface area contributed by atoms with Crippen LogP contribution in [-0.4, -0.2) is 28.2 Å². The van der Waals surface area contributed by atoms with Gasteiger partial charge in [-0.1, -0.05) is 19.0 Å². The summed E-state index contributed by atoms with van der Waals surface area (Å²) in [5.41, 5.74) is 2.22. The van der Waals surface area contributed by atoms with Gasteiger partial charge in [-0.3, -0.25) is 4.98 Å². The number of nitrogens with zero attached hydrogens (tertiary/aromatic N) is 3. The van der Waals surface area contributed by atoms with Gasteiger partial charge in [0.05, 0.1) is 5.41 Å². The molecule has 5 nitrogen and oxygen atoms in total. The highest BCUT2D eigenvalue weighted by Crippen LogP contribution is 2.36. The molecule has 3 rings (SSSR count). The zero-order valence-electron chi connectivity index (χ0n) is 12.7. The van der Waals surface area contributed by atoms with Gasteiger partial charge in [0.2, 0.25) is 11.7 Å². The molecular weight excluding hydrogens is 264 g/mol. The molecule has 0 aliphatic carbocycles. The molecule has 2 aromatic rings. The number of nitrogens with one attached hydrogen (secondary N) is 1. The summed E-state index contributed by atoms with van der Waals surface area (Å²) in [6.45, 7) is 6.35. The maximum atomic E-state index is 5.64. The van der Waals surface area contributed by atoms with Gasteiger partial charge in [0.25, 0.3) is 0 Å². The minimum Gasteiger partial charge on any atom is -0.338 e. The quantitative estimate of drug-likeness (QED) is 0.936. The minimum atomic E-state index is 0.0376. The summed E-state index contributed by atoms with van der Waals surface area (Å²) < 4.78 is 5.64. The van der Waals surface area contributed by atoms with Crippen LogP contribution < -0.4 is 5.32 Å². The predicted octanol–water partition coefficient (Wildman–Crippen LogP) is 2.73. The van der Waals surface area contributed by atoms with Crippen LogP contribution in [0, 0.1) is 0 Å². The molecule has 0 amide bonds. The first-order chi connectivity index (χ1) is 10.3. The lowest BCUT2D eigenvalue weighted by Gasteiger charge is -2.33. The molecule has 0 unspecified atom stereocenters. The van der Waals surface area contributed by atoms with E-state index < -0.39 is 0 Å². The van der Waals surface area contributed by atoms with E-state index in [1.807, 2.05) is 12.3 Å². The van der Waals surface area contributed by atoms with Crippen molar-refractivity contribution in [3.05, 3.63) is 29.9 Å². The molecule has 0 bridgehead atoms. The van der Waals surface area contributed by atoms with Crippen LogP contribution in [0.1, 0.15) is 44.6 Å². The van der Waals surface area contributed by atoms with Crippen LogP contribution >= 0.6 is 0 Å². The molecule has 5 heteroatoms. The summed E-state index contributed by atoms with van der Waals surface area (Å²) in [7, 11) is 0. The molecule has 1 aliphatic heterocycles. The van der Waals surface area contributed by atoms with E-state index in [2.05, 4.69) is 29.3 Å². The molecule has 0 saturated carbocycles. The van der Waals surface area contributed by atoms with Crippen LogP contribution in [0.15, 0.2) is 23.0 Å². The predicted molar refractivity (Wildman–Crippen MR) is 81.0 cm³/mol. The number of rotatable bonds is 4. The average Bonchev–Trinajstić information content (AvgIpc) is 3.06. The lowest BCUT2D eigenvalue weighted by molar-refractivity contribution is 0.216. The van der Waals surface area contributed by atoms with E-state index >= 15 is 0 Å². The highest BCUT2D eigenvalue weighted by Gasteiger charge is 2.37. The molecule has 1 aliphatic rings. The monoisotopic (exact) mass is 286 g/mol. The van der Waals surface area contributed by atoms with Crippen molar-refractivity contribution >= 4 is 0 Å². The summed E-state index contributed by atoms with van der Waals surface area (Å²) in [4.78, 5) is 8.90. The maximum absolute atomic E-state index is 5.64. The van der Waals surface area contributed by atoms with Crippen LogP contribution in [0.5, 0.6) is 0 Å². The van der Waals surface area contributed by atoms with E-state index in [0.29, 0.717) is 5.82 Å². The van der Waals surface area contributed by atoms with E-state index in [9.17, 15) is 0 Å². The largest absolute Gasteiger partial charge is 0.338 e. The number of aryl methyl sites for hydroxylation is 1. The van der Waals surface area contributed by atoms with Crippen molar-refractivity contribution < 1.29 is 4.52 Å². The number of piperidine rings is 1. The molecule has 0 radical (unpaired) electrons. The number of hydrogen-bond acceptors (Lipinski definition) is 5. The van der Waals surface area contributed by atoms with Crippen LogP contribution in [0.4, 0.5) is 0 Å². The Kier molecular flexibility index (Phi) is 4.01. The molecule has 112 valence electrons. The van der Waals surface area contributed by atoms with E-state index in [0.717, 1.165) is 55.8 Å². The average molecular weight is 286 g/mol. The van der Waals surface area contributed by atoms with Crippen molar-refractivity contribution in [2.24, 2.45) is 0 Å². The number of aromatic nitrogens is 3. The van der Waals surface area contributed by atoms with Gasteiger partial charge < -0.3 is 9.84 Å². The summed E-state index contributed by atoms with van der Waals surface area (Å²) in [6.07, 6.45) is 7.73. The Hall–Kier alpha value is -1.75. The fourth-order valence-corrected chi connectivity index (χ4v) is 3.10. The number of pyridine rings is 1. The van der Waals surface area contributed by atoms with Crippen molar-refractivity contribution in [3.8, 4) is 11.4 Å². The van der Waals surface area contributed by atoms with E-state index in [1.165, 1.54) is 0 Å². The summed E-state index contributed by atoms with van der Waals surface area (Å²) in [6, 6.07) is 1.97. The Morgan fingerprint density at radius 1 is 1.29 bits per heavy atom. The molecule has 3 heterocycles. The zero-order valence-corrected chi connectivity index (χ0v) is 12.7. The summed E-state index contributed by atoms with van der Waals surface area (Å²) >= 11 is 0. The zero-order chi connectivity index (χ0) is 14.7. The first kappa shape index (κ1) is 14.2. The fourth-order valence-electron chi connectivity index (χ4n) is 3.10. The number of hydrogen-bond donors (Lipinski definition) is 1. The second-order valence-electron chi connectivity index (χ2n) is 5.69. The minimum absolute atomic E-state index is 0.0376. The van der Waals surface area contributed by atoms with Gasteiger partial charge in [-0.2, -0.15) is 4.98 Å². The van der Waals surface area contributed by atoms with Crippen LogP contribution in [0.2, 0.25) is 0 Å². The SMILES string of the molecule is CCc1cnccc1-c1noc(C2(CC)CCNCC2)n1. The van der Waals surface area contributed by atoms with E-state index in [4.69, 9.17) is 9.51 Å². The Morgan fingerprint density at radius 3 is 2.81 bits per heavy atom. The molecule has 2 aromatic heterocycles.